The van der Waals surface area contributed by atoms with E-state index in [9.17, 15) is 4.79 Å². The van der Waals surface area contributed by atoms with Gasteiger partial charge in [0.25, 0.3) is 0 Å². The molecule has 128 valence electrons. The Morgan fingerprint density at radius 2 is 1.83 bits per heavy atom. The van der Waals surface area contributed by atoms with Crippen LogP contribution in [0.4, 0.5) is 0 Å². The minimum absolute atomic E-state index is 0.0894. The summed E-state index contributed by atoms with van der Waals surface area (Å²) in [6.45, 7) is 9.63. The summed E-state index contributed by atoms with van der Waals surface area (Å²) in [5.41, 5.74) is 0.819. The molecule has 0 aromatic heterocycles. The SMILES string of the molecule is CC(C)Oc1ccc(C(=O)CCCC2OCC(C)(C)CO2)cc1. The standard InChI is InChI=1S/C19H28O4/c1-14(2)23-16-10-8-15(9-11-16)17(20)6-5-7-18-21-12-19(3,4)13-22-18/h8-11,14,18H,5-7,12-13H2,1-4H3. The van der Waals surface area contributed by atoms with Crippen LogP contribution >= 0.6 is 0 Å². The molecule has 1 aliphatic rings. The molecule has 1 aromatic carbocycles. The molecule has 1 heterocycles. The van der Waals surface area contributed by atoms with Crippen molar-refractivity contribution in [1.29, 1.82) is 0 Å². The highest BCUT2D eigenvalue weighted by atomic mass is 16.7. The third-order valence-electron chi connectivity index (χ3n) is 3.71. The van der Waals surface area contributed by atoms with Gasteiger partial charge in [-0.3, -0.25) is 4.79 Å². The van der Waals surface area contributed by atoms with E-state index in [2.05, 4.69) is 13.8 Å². The van der Waals surface area contributed by atoms with E-state index in [1.165, 1.54) is 0 Å². The van der Waals surface area contributed by atoms with E-state index >= 15 is 0 Å². The Bertz CT molecular complexity index is 495. The summed E-state index contributed by atoms with van der Waals surface area (Å²) in [6.07, 6.45) is 2.01. The molecule has 0 N–H and O–H groups in total. The number of hydrogen-bond donors (Lipinski definition) is 0. The Balaban J connectivity index is 1.72. The summed E-state index contributed by atoms with van der Waals surface area (Å²) in [7, 11) is 0. The first-order chi connectivity index (χ1) is 10.9. The number of rotatable bonds is 7. The van der Waals surface area contributed by atoms with Crippen molar-refractivity contribution in [2.75, 3.05) is 13.2 Å². The summed E-state index contributed by atoms with van der Waals surface area (Å²) in [5.74, 6) is 0.945. The van der Waals surface area contributed by atoms with E-state index in [-0.39, 0.29) is 23.6 Å². The number of ether oxygens (including phenoxy) is 3. The molecule has 0 saturated carbocycles. The topological polar surface area (TPSA) is 44.8 Å². The smallest absolute Gasteiger partial charge is 0.162 e. The van der Waals surface area contributed by atoms with Crippen LogP contribution in [-0.4, -0.2) is 31.4 Å². The molecule has 2 rings (SSSR count). The van der Waals surface area contributed by atoms with Crippen molar-refractivity contribution in [2.24, 2.45) is 5.41 Å². The molecule has 0 spiro atoms. The summed E-state index contributed by atoms with van der Waals surface area (Å²) in [4.78, 5) is 12.2. The molecule has 4 nitrogen and oxygen atoms in total. The Hall–Kier alpha value is -1.39. The van der Waals surface area contributed by atoms with Gasteiger partial charge in [-0.2, -0.15) is 0 Å². The first kappa shape index (κ1) is 18.0. The average molecular weight is 320 g/mol. The summed E-state index contributed by atoms with van der Waals surface area (Å²) in [6, 6.07) is 7.36. The van der Waals surface area contributed by atoms with E-state index in [1.54, 1.807) is 0 Å². The molecule has 0 amide bonds. The highest BCUT2D eigenvalue weighted by molar-refractivity contribution is 5.96. The zero-order valence-corrected chi connectivity index (χ0v) is 14.6. The third kappa shape index (κ3) is 5.96. The highest BCUT2D eigenvalue weighted by Gasteiger charge is 2.28. The maximum Gasteiger partial charge on any atom is 0.162 e. The van der Waals surface area contributed by atoms with Crippen LogP contribution in [0.1, 0.15) is 57.3 Å². The Morgan fingerprint density at radius 1 is 1.22 bits per heavy atom. The monoisotopic (exact) mass is 320 g/mol. The lowest BCUT2D eigenvalue weighted by molar-refractivity contribution is -0.223. The number of carbonyl (C=O) groups is 1. The van der Waals surface area contributed by atoms with E-state index in [0.717, 1.165) is 24.2 Å². The van der Waals surface area contributed by atoms with Crippen LogP contribution in [-0.2, 0) is 9.47 Å². The fourth-order valence-electron chi connectivity index (χ4n) is 2.46. The second kappa shape index (κ2) is 7.93. The number of ketones is 1. The fraction of sp³-hybridized carbons (Fsp3) is 0.632. The van der Waals surface area contributed by atoms with Crippen molar-refractivity contribution >= 4 is 5.78 Å². The molecule has 0 radical (unpaired) electrons. The van der Waals surface area contributed by atoms with E-state index in [0.29, 0.717) is 19.6 Å². The molecule has 23 heavy (non-hydrogen) atoms. The lowest BCUT2D eigenvalue weighted by atomic mass is 9.95. The van der Waals surface area contributed by atoms with Crippen LogP contribution in [0, 0.1) is 5.41 Å². The predicted molar refractivity (Wildman–Crippen MR) is 89.9 cm³/mol. The van der Waals surface area contributed by atoms with Crippen LogP contribution in [0.15, 0.2) is 24.3 Å². The Labute approximate surface area is 139 Å². The molecule has 0 unspecified atom stereocenters. The second-order valence-electron chi connectivity index (χ2n) is 7.22. The second-order valence-corrected chi connectivity index (χ2v) is 7.22. The number of hydrogen-bond acceptors (Lipinski definition) is 4. The summed E-state index contributed by atoms with van der Waals surface area (Å²) >= 11 is 0. The predicted octanol–water partition coefficient (Wildman–Crippen LogP) is 4.23. The van der Waals surface area contributed by atoms with Crippen LogP contribution in [0.5, 0.6) is 5.75 Å². The molecular formula is C19H28O4. The van der Waals surface area contributed by atoms with Crippen molar-refractivity contribution in [2.45, 2.75) is 59.4 Å². The minimum atomic E-state index is -0.169. The third-order valence-corrected chi connectivity index (χ3v) is 3.71. The first-order valence-electron chi connectivity index (χ1n) is 8.39. The summed E-state index contributed by atoms with van der Waals surface area (Å²) in [5, 5.41) is 0. The van der Waals surface area contributed by atoms with E-state index in [4.69, 9.17) is 14.2 Å². The van der Waals surface area contributed by atoms with Gasteiger partial charge >= 0.3 is 0 Å². The van der Waals surface area contributed by atoms with Gasteiger partial charge in [-0.25, -0.2) is 0 Å². The molecule has 1 aliphatic heterocycles. The molecule has 1 saturated heterocycles. The number of Topliss-reactive ketones (excluding diaryl/α,β-unsaturated/α-hetero) is 1. The molecule has 0 atom stereocenters. The first-order valence-corrected chi connectivity index (χ1v) is 8.39. The zero-order chi connectivity index (χ0) is 16.9. The average Bonchev–Trinajstić information content (AvgIpc) is 2.49. The van der Waals surface area contributed by atoms with Crippen LogP contribution < -0.4 is 4.74 Å². The lowest BCUT2D eigenvalue weighted by Crippen LogP contribution is -2.37. The quantitative estimate of drug-likeness (QED) is 0.705. The van der Waals surface area contributed by atoms with Gasteiger partial charge in [-0.05, 0) is 51.0 Å². The summed E-state index contributed by atoms with van der Waals surface area (Å²) < 4.78 is 16.9. The largest absolute Gasteiger partial charge is 0.491 e. The molecule has 4 heteroatoms. The van der Waals surface area contributed by atoms with E-state index in [1.807, 2.05) is 38.1 Å². The van der Waals surface area contributed by atoms with Crippen molar-refractivity contribution in [3.8, 4) is 5.75 Å². The fourth-order valence-corrected chi connectivity index (χ4v) is 2.46. The minimum Gasteiger partial charge on any atom is -0.491 e. The van der Waals surface area contributed by atoms with Crippen LogP contribution in [0.3, 0.4) is 0 Å². The molecule has 0 bridgehead atoms. The van der Waals surface area contributed by atoms with E-state index < -0.39 is 0 Å². The highest BCUT2D eigenvalue weighted by Crippen LogP contribution is 2.25. The lowest BCUT2D eigenvalue weighted by Gasteiger charge is -2.34. The van der Waals surface area contributed by atoms with Crippen LogP contribution in [0.25, 0.3) is 0 Å². The van der Waals surface area contributed by atoms with Gasteiger partial charge in [-0.15, -0.1) is 0 Å². The van der Waals surface area contributed by atoms with Gasteiger partial charge < -0.3 is 14.2 Å². The van der Waals surface area contributed by atoms with Crippen molar-refractivity contribution in [1.82, 2.24) is 0 Å². The Morgan fingerprint density at radius 3 is 2.39 bits per heavy atom. The number of carbonyl (C=O) groups excluding carboxylic acids is 1. The molecule has 0 aliphatic carbocycles. The molecule has 1 aromatic rings. The maximum atomic E-state index is 12.2. The zero-order valence-electron chi connectivity index (χ0n) is 14.6. The van der Waals surface area contributed by atoms with Crippen molar-refractivity contribution in [3.63, 3.8) is 0 Å². The normalized spacial score (nSPS) is 18.1. The Kier molecular flexibility index (Phi) is 6.19. The van der Waals surface area contributed by atoms with Gasteiger partial charge in [0.05, 0.1) is 19.3 Å². The maximum absolute atomic E-state index is 12.2. The van der Waals surface area contributed by atoms with Gasteiger partial charge in [0, 0.05) is 17.4 Å². The van der Waals surface area contributed by atoms with Gasteiger partial charge in [0.15, 0.2) is 12.1 Å². The number of benzene rings is 1. The molecule has 1 fully saturated rings. The van der Waals surface area contributed by atoms with Crippen molar-refractivity contribution in [3.05, 3.63) is 29.8 Å². The molecular weight excluding hydrogens is 292 g/mol. The van der Waals surface area contributed by atoms with Gasteiger partial charge in [0.2, 0.25) is 0 Å². The van der Waals surface area contributed by atoms with Gasteiger partial charge in [0.1, 0.15) is 5.75 Å². The van der Waals surface area contributed by atoms with Crippen LogP contribution in [0.2, 0.25) is 0 Å². The van der Waals surface area contributed by atoms with Crippen molar-refractivity contribution < 1.29 is 19.0 Å². The van der Waals surface area contributed by atoms with Gasteiger partial charge in [-0.1, -0.05) is 13.8 Å².